The van der Waals surface area contributed by atoms with Crippen molar-refractivity contribution in [1.82, 2.24) is 24.5 Å². The summed E-state index contributed by atoms with van der Waals surface area (Å²) in [6.07, 6.45) is 3.94. The largest absolute Gasteiger partial charge is 0.476 e. The molecule has 0 unspecified atom stereocenters. The number of nitrogens with zero attached hydrogens (tertiary/aromatic N) is 5. The van der Waals surface area contributed by atoms with Crippen molar-refractivity contribution < 1.29 is 14.7 Å². The van der Waals surface area contributed by atoms with Gasteiger partial charge >= 0.3 is 5.97 Å². The van der Waals surface area contributed by atoms with E-state index in [9.17, 15) is 14.7 Å². The van der Waals surface area contributed by atoms with Gasteiger partial charge in [-0.1, -0.05) is 30.3 Å². The third-order valence-electron chi connectivity index (χ3n) is 5.34. The maximum atomic E-state index is 12.8. The molecule has 3 aromatic rings. The molecule has 1 aliphatic rings. The van der Waals surface area contributed by atoms with Crippen LogP contribution in [0.15, 0.2) is 42.6 Å². The van der Waals surface area contributed by atoms with Crippen LogP contribution < -0.4 is 0 Å². The molecule has 0 saturated carbocycles. The van der Waals surface area contributed by atoms with Gasteiger partial charge in [0.15, 0.2) is 5.69 Å². The smallest absolute Gasteiger partial charge is 0.356 e. The molecule has 0 aliphatic carbocycles. The van der Waals surface area contributed by atoms with Crippen molar-refractivity contribution in [3.63, 3.8) is 0 Å². The molecule has 1 N–H and O–H groups in total. The third-order valence-corrected chi connectivity index (χ3v) is 5.34. The van der Waals surface area contributed by atoms with E-state index in [1.54, 1.807) is 24.2 Å². The van der Waals surface area contributed by atoms with E-state index < -0.39 is 5.97 Å². The summed E-state index contributed by atoms with van der Waals surface area (Å²) in [4.78, 5) is 26.2. The highest BCUT2D eigenvalue weighted by Gasteiger charge is 2.31. The van der Waals surface area contributed by atoms with Gasteiger partial charge in [0.1, 0.15) is 5.69 Å². The van der Waals surface area contributed by atoms with Crippen molar-refractivity contribution in [2.75, 3.05) is 6.54 Å². The number of rotatable bonds is 6. The van der Waals surface area contributed by atoms with E-state index in [0.29, 0.717) is 30.8 Å². The van der Waals surface area contributed by atoms with E-state index in [1.165, 1.54) is 10.2 Å². The summed E-state index contributed by atoms with van der Waals surface area (Å²) in [7, 11) is 1.72. The minimum atomic E-state index is -1.06. The van der Waals surface area contributed by atoms with Crippen LogP contribution in [-0.4, -0.2) is 48.0 Å². The zero-order valence-electron chi connectivity index (χ0n) is 16.3. The van der Waals surface area contributed by atoms with Crippen molar-refractivity contribution in [3.8, 4) is 0 Å². The van der Waals surface area contributed by atoms with Gasteiger partial charge in [-0.15, -0.1) is 0 Å². The Balaban J connectivity index is 1.52. The number of hydrogen-bond donors (Lipinski definition) is 1. The highest BCUT2D eigenvalue weighted by Crippen LogP contribution is 2.24. The van der Waals surface area contributed by atoms with Crippen molar-refractivity contribution in [2.45, 2.75) is 32.4 Å². The first-order chi connectivity index (χ1) is 14.0. The van der Waals surface area contributed by atoms with E-state index in [4.69, 9.17) is 0 Å². The summed E-state index contributed by atoms with van der Waals surface area (Å²) >= 11 is 0. The Morgan fingerprint density at radius 3 is 2.66 bits per heavy atom. The lowest BCUT2D eigenvalue weighted by atomic mass is 10.0. The van der Waals surface area contributed by atoms with Gasteiger partial charge in [-0.3, -0.25) is 14.2 Å². The fraction of sp³-hybridized carbons (Fsp3) is 0.333. The summed E-state index contributed by atoms with van der Waals surface area (Å²) in [6, 6.07) is 11.9. The minimum Gasteiger partial charge on any atom is -0.476 e. The predicted molar refractivity (Wildman–Crippen MR) is 106 cm³/mol. The SMILES string of the molecule is Cn1nccc1C(=O)N1CCc2c(c(C(=O)O)nn2CCCc2ccccc2)C1. The molecule has 2 aromatic heterocycles. The van der Waals surface area contributed by atoms with Gasteiger partial charge < -0.3 is 10.0 Å². The van der Waals surface area contributed by atoms with Gasteiger partial charge in [0.25, 0.3) is 5.91 Å². The summed E-state index contributed by atoms with van der Waals surface area (Å²) < 4.78 is 3.34. The van der Waals surface area contributed by atoms with Crippen LogP contribution in [0.1, 0.15) is 44.2 Å². The lowest BCUT2D eigenvalue weighted by Gasteiger charge is -2.27. The molecular formula is C21H23N5O3. The first-order valence-electron chi connectivity index (χ1n) is 9.67. The number of hydrogen-bond acceptors (Lipinski definition) is 4. The maximum absolute atomic E-state index is 12.8. The molecule has 0 saturated heterocycles. The van der Waals surface area contributed by atoms with Gasteiger partial charge in [0, 0.05) is 44.0 Å². The topological polar surface area (TPSA) is 93.2 Å². The number of aromatic carboxylic acids is 1. The van der Waals surface area contributed by atoms with Gasteiger partial charge in [0.2, 0.25) is 0 Å². The normalized spacial score (nSPS) is 13.3. The van der Waals surface area contributed by atoms with Gasteiger partial charge in [-0.2, -0.15) is 10.2 Å². The zero-order chi connectivity index (χ0) is 20.4. The first-order valence-corrected chi connectivity index (χ1v) is 9.67. The van der Waals surface area contributed by atoms with Crippen molar-refractivity contribution in [1.29, 1.82) is 0 Å². The van der Waals surface area contributed by atoms with Crippen LogP contribution in [0.5, 0.6) is 0 Å². The molecule has 1 amide bonds. The average Bonchev–Trinajstić information content (AvgIpc) is 3.31. The Bertz CT molecular complexity index is 1040. The number of carboxylic acid groups (broad SMARTS) is 1. The van der Waals surface area contributed by atoms with Crippen LogP contribution in [0, 0.1) is 0 Å². The Hall–Kier alpha value is -3.42. The second kappa shape index (κ2) is 7.90. The number of benzene rings is 1. The summed E-state index contributed by atoms with van der Waals surface area (Å²) in [5.41, 5.74) is 3.34. The molecule has 3 heterocycles. The Morgan fingerprint density at radius 2 is 1.97 bits per heavy atom. The molecule has 0 radical (unpaired) electrons. The number of aryl methyl sites for hydroxylation is 3. The van der Waals surface area contributed by atoms with E-state index in [2.05, 4.69) is 22.3 Å². The second-order valence-corrected chi connectivity index (χ2v) is 7.21. The van der Waals surface area contributed by atoms with Gasteiger partial charge in [-0.25, -0.2) is 4.79 Å². The van der Waals surface area contributed by atoms with Gasteiger partial charge in [-0.05, 0) is 24.5 Å². The molecule has 0 spiro atoms. The number of amides is 1. The number of carbonyl (C=O) groups is 2. The highest BCUT2D eigenvalue weighted by atomic mass is 16.4. The summed E-state index contributed by atoms with van der Waals surface area (Å²) in [6.45, 7) is 1.43. The minimum absolute atomic E-state index is 0.0437. The first kappa shape index (κ1) is 18.9. The average molecular weight is 393 g/mol. The molecule has 29 heavy (non-hydrogen) atoms. The molecule has 8 heteroatoms. The standard InChI is InChI=1S/C21H23N5O3/c1-24-18(9-11-22-24)20(27)25-13-10-17-16(14-25)19(21(28)29)23-26(17)12-5-8-15-6-3-2-4-7-15/h2-4,6-7,9,11H,5,8,10,12-14H2,1H3,(H,28,29). The fourth-order valence-corrected chi connectivity index (χ4v) is 3.84. The van der Waals surface area contributed by atoms with Crippen LogP contribution >= 0.6 is 0 Å². The molecular weight excluding hydrogens is 370 g/mol. The van der Waals surface area contributed by atoms with E-state index in [-0.39, 0.29) is 18.1 Å². The van der Waals surface area contributed by atoms with E-state index in [0.717, 1.165) is 18.5 Å². The van der Waals surface area contributed by atoms with E-state index >= 15 is 0 Å². The number of fused-ring (bicyclic) bond motifs is 1. The quantitative estimate of drug-likeness (QED) is 0.693. The summed E-state index contributed by atoms with van der Waals surface area (Å²) in [5.74, 6) is -1.21. The van der Waals surface area contributed by atoms with Crippen LogP contribution in [0.3, 0.4) is 0 Å². The lowest BCUT2D eigenvalue weighted by Crippen LogP contribution is -2.37. The molecule has 1 aromatic carbocycles. The number of carbonyl (C=O) groups excluding carboxylic acids is 1. The fourth-order valence-electron chi connectivity index (χ4n) is 3.84. The number of carboxylic acids is 1. The molecule has 4 rings (SSSR count). The lowest BCUT2D eigenvalue weighted by molar-refractivity contribution is 0.0671. The monoisotopic (exact) mass is 393 g/mol. The number of aromatic nitrogens is 4. The van der Waals surface area contributed by atoms with Crippen molar-refractivity contribution in [3.05, 3.63) is 70.8 Å². The Morgan fingerprint density at radius 1 is 1.17 bits per heavy atom. The van der Waals surface area contributed by atoms with Crippen LogP contribution in [-0.2, 0) is 33.0 Å². The molecule has 0 fully saturated rings. The second-order valence-electron chi connectivity index (χ2n) is 7.21. The molecule has 0 bridgehead atoms. The third kappa shape index (κ3) is 3.78. The summed E-state index contributed by atoms with van der Waals surface area (Å²) in [5, 5.41) is 18.0. The Labute approximate surface area is 168 Å². The highest BCUT2D eigenvalue weighted by molar-refractivity contribution is 5.93. The van der Waals surface area contributed by atoms with Crippen LogP contribution in [0.2, 0.25) is 0 Å². The van der Waals surface area contributed by atoms with Crippen molar-refractivity contribution >= 4 is 11.9 Å². The van der Waals surface area contributed by atoms with Crippen LogP contribution in [0.25, 0.3) is 0 Å². The predicted octanol–water partition coefficient (Wildman–Crippen LogP) is 2.15. The molecule has 0 atom stereocenters. The molecule has 150 valence electrons. The molecule has 1 aliphatic heterocycles. The van der Waals surface area contributed by atoms with Gasteiger partial charge in [0.05, 0.1) is 6.54 Å². The maximum Gasteiger partial charge on any atom is 0.356 e. The van der Waals surface area contributed by atoms with Crippen molar-refractivity contribution in [2.24, 2.45) is 7.05 Å². The molecule has 8 nitrogen and oxygen atoms in total. The Kier molecular flexibility index (Phi) is 5.16. The van der Waals surface area contributed by atoms with Crippen LogP contribution in [0.4, 0.5) is 0 Å². The van der Waals surface area contributed by atoms with E-state index in [1.807, 2.05) is 22.9 Å². The zero-order valence-corrected chi connectivity index (χ0v) is 16.3.